The van der Waals surface area contributed by atoms with Crippen molar-refractivity contribution in [3.63, 3.8) is 0 Å². The summed E-state index contributed by atoms with van der Waals surface area (Å²) in [7, 11) is 0. The van der Waals surface area contributed by atoms with Crippen LogP contribution in [0.3, 0.4) is 0 Å². The Labute approximate surface area is 153 Å². The molecule has 0 unspecified atom stereocenters. The maximum atomic E-state index is 12.8. The second-order valence-corrected chi connectivity index (χ2v) is 5.89. The van der Waals surface area contributed by atoms with Crippen LogP contribution in [0.1, 0.15) is 35.5 Å². The molecule has 0 radical (unpaired) electrons. The van der Waals surface area contributed by atoms with Crippen LogP contribution < -0.4 is 10.1 Å². The summed E-state index contributed by atoms with van der Waals surface area (Å²) < 4.78 is 7.47. The SMILES string of the molecule is CCOc1ccccc1NC(=O)c1cnn(Cc2ccccc2)c1CC. The molecule has 134 valence electrons. The summed E-state index contributed by atoms with van der Waals surface area (Å²) >= 11 is 0. The number of carbonyl (C=O) groups is 1. The molecule has 2 aromatic carbocycles. The van der Waals surface area contributed by atoms with Crippen LogP contribution in [-0.2, 0) is 13.0 Å². The number of amides is 1. The van der Waals surface area contributed by atoms with E-state index in [2.05, 4.69) is 22.5 Å². The lowest BCUT2D eigenvalue weighted by Crippen LogP contribution is -2.15. The maximum Gasteiger partial charge on any atom is 0.259 e. The van der Waals surface area contributed by atoms with Crippen LogP contribution >= 0.6 is 0 Å². The molecule has 5 heteroatoms. The predicted octanol–water partition coefficient (Wildman–Crippen LogP) is 4.14. The highest BCUT2D eigenvalue weighted by Gasteiger charge is 2.17. The third-order valence-corrected chi connectivity index (χ3v) is 4.14. The van der Waals surface area contributed by atoms with Gasteiger partial charge in [0, 0.05) is 0 Å². The van der Waals surface area contributed by atoms with Gasteiger partial charge in [-0.05, 0) is 31.0 Å². The quantitative estimate of drug-likeness (QED) is 0.697. The number of benzene rings is 2. The summed E-state index contributed by atoms with van der Waals surface area (Å²) in [5.41, 5.74) is 3.33. The van der Waals surface area contributed by atoms with Gasteiger partial charge in [-0.2, -0.15) is 5.10 Å². The Kier molecular flexibility index (Phi) is 5.69. The van der Waals surface area contributed by atoms with Crippen LogP contribution in [0.25, 0.3) is 0 Å². The van der Waals surface area contributed by atoms with Gasteiger partial charge in [0.1, 0.15) is 5.75 Å². The summed E-state index contributed by atoms with van der Waals surface area (Å²) in [6.07, 6.45) is 2.36. The molecule has 1 N–H and O–H groups in total. The average molecular weight is 349 g/mol. The lowest BCUT2D eigenvalue weighted by molar-refractivity contribution is 0.102. The van der Waals surface area contributed by atoms with E-state index in [4.69, 9.17) is 4.74 Å². The molecule has 0 saturated heterocycles. The Morgan fingerprint density at radius 1 is 1.08 bits per heavy atom. The third-order valence-electron chi connectivity index (χ3n) is 4.14. The highest BCUT2D eigenvalue weighted by molar-refractivity contribution is 6.05. The molecule has 5 nitrogen and oxygen atoms in total. The van der Waals surface area contributed by atoms with Gasteiger partial charge in [-0.1, -0.05) is 49.4 Å². The largest absolute Gasteiger partial charge is 0.492 e. The number of anilines is 1. The van der Waals surface area contributed by atoms with Gasteiger partial charge in [-0.3, -0.25) is 9.48 Å². The van der Waals surface area contributed by atoms with E-state index in [0.717, 1.165) is 17.7 Å². The van der Waals surface area contributed by atoms with E-state index in [1.807, 2.05) is 61.0 Å². The standard InChI is InChI=1S/C21H23N3O2/c1-3-19-17(14-22-24(19)15-16-10-6-5-7-11-16)21(25)23-18-12-8-9-13-20(18)26-4-2/h5-14H,3-4,15H2,1-2H3,(H,23,25). The van der Waals surface area contributed by atoms with E-state index < -0.39 is 0 Å². The molecule has 0 fully saturated rings. The second-order valence-electron chi connectivity index (χ2n) is 5.89. The Hall–Kier alpha value is -3.08. The van der Waals surface area contributed by atoms with Gasteiger partial charge in [0.25, 0.3) is 5.91 Å². The summed E-state index contributed by atoms with van der Waals surface area (Å²) in [6, 6.07) is 17.5. The number of nitrogens with one attached hydrogen (secondary N) is 1. The highest BCUT2D eigenvalue weighted by Crippen LogP contribution is 2.25. The highest BCUT2D eigenvalue weighted by atomic mass is 16.5. The first-order chi connectivity index (χ1) is 12.7. The molecule has 1 heterocycles. The fraction of sp³-hybridized carbons (Fsp3) is 0.238. The Bertz CT molecular complexity index is 872. The van der Waals surface area contributed by atoms with Gasteiger partial charge < -0.3 is 10.1 Å². The van der Waals surface area contributed by atoms with Gasteiger partial charge in [-0.15, -0.1) is 0 Å². The van der Waals surface area contributed by atoms with Gasteiger partial charge in [0.2, 0.25) is 0 Å². The normalized spacial score (nSPS) is 10.5. The topological polar surface area (TPSA) is 56.1 Å². The van der Waals surface area contributed by atoms with Crippen molar-refractivity contribution in [1.82, 2.24) is 9.78 Å². The van der Waals surface area contributed by atoms with Crippen molar-refractivity contribution in [2.45, 2.75) is 26.8 Å². The fourth-order valence-corrected chi connectivity index (χ4v) is 2.91. The molecule has 0 saturated carbocycles. The second kappa shape index (κ2) is 8.34. The first kappa shape index (κ1) is 17.7. The van der Waals surface area contributed by atoms with E-state index in [1.54, 1.807) is 6.20 Å². The first-order valence-electron chi connectivity index (χ1n) is 8.84. The van der Waals surface area contributed by atoms with Crippen molar-refractivity contribution < 1.29 is 9.53 Å². The number of hydrogen-bond acceptors (Lipinski definition) is 3. The minimum atomic E-state index is -0.173. The first-order valence-corrected chi connectivity index (χ1v) is 8.84. The molecule has 3 rings (SSSR count). The molecule has 0 atom stereocenters. The summed E-state index contributed by atoms with van der Waals surface area (Å²) in [5, 5.41) is 7.37. The van der Waals surface area contributed by atoms with Gasteiger partial charge in [0.05, 0.1) is 36.3 Å². The average Bonchev–Trinajstić information content (AvgIpc) is 3.07. The zero-order chi connectivity index (χ0) is 18.4. The van der Waals surface area contributed by atoms with Crippen LogP contribution in [-0.4, -0.2) is 22.3 Å². The smallest absolute Gasteiger partial charge is 0.259 e. The number of nitrogens with zero attached hydrogens (tertiary/aromatic N) is 2. The lowest BCUT2D eigenvalue weighted by Gasteiger charge is -2.12. The van der Waals surface area contributed by atoms with E-state index >= 15 is 0 Å². The predicted molar refractivity (Wildman–Crippen MR) is 103 cm³/mol. The molecule has 0 aliphatic carbocycles. The van der Waals surface area contributed by atoms with Crippen molar-refractivity contribution in [1.29, 1.82) is 0 Å². The summed E-state index contributed by atoms with van der Waals surface area (Å²) in [6.45, 7) is 5.14. The monoisotopic (exact) mass is 349 g/mol. The van der Waals surface area contributed by atoms with E-state index in [-0.39, 0.29) is 5.91 Å². The third kappa shape index (κ3) is 3.94. The molecule has 3 aromatic rings. The van der Waals surface area contributed by atoms with Crippen LogP contribution in [0.5, 0.6) is 5.75 Å². The maximum absolute atomic E-state index is 12.8. The summed E-state index contributed by atoms with van der Waals surface area (Å²) in [4.78, 5) is 12.8. The number of hydrogen-bond donors (Lipinski definition) is 1. The molecule has 26 heavy (non-hydrogen) atoms. The van der Waals surface area contributed by atoms with Crippen LogP contribution in [0.15, 0.2) is 60.8 Å². The van der Waals surface area contributed by atoms with Gasteiger partial charge >= 0.3 is 0 Å². The minimum absolute atomic E-state index is 0.173. The van der Waals surface area contributed by atoms with E-state index in [9.17, 15) is 4.79 Å². The molecular weight excluding hydrogens is 326 g/mol. The number of rotatable bonds is 7. The van der Waals surface area contributed by atoms with Crippen molar-refractivity contribution in [2.24, 2.45) is 0 Å². The molecule has 0 spiro atoms. The van der Waals surface area contributed by atoms with E-state index in [0.29, 0.717) is 30.2 Å². The van der Waals surface area contributed by atoms with Crippen molar-refractivity contribution >= 4 is 11.6 Å². The van der Waals surface area contributed by atoms with Crippen LogP contribution in [0.2, 0.25) is 0 Å². The molecule has 0 aliphatic heterocycles. The number of ether oxygens (including phenoxy) is 1. The van der Waals surface area contributed by atoms with Crippen molar-refractivity contribution in [3.8, 4) is 5.75 Å². The molecule has 0 bridgehead atoms. The van der Waals surface area contributed by atoms with Crippen LogP contribution in [0.4, 0.5) is 5.69 Å². The van der Waals surface area contributed by atoms with Crippen molar-refractivity contribution in [3.05, 3.63) is 77.6 Å². The van der Waals surface area contributed by atoms with Crippen LogP contribution in [0, 0.1) is 0 Å². The number of para-hydroxylation sites is 2. The Morgan fingerprint density at radius 2 is 1.81 bits per heavy atom. The number of carbonyl (C=O) groups excluding carboxylic acids is 1. The molecule has 1 amide bonds. The van der Waals surface area contributed by atoms with Crippen molar-refractivity contribution in [2.75, 3.05) is 11.9 Å². The van der Waals surface area contributed by atoms with E-state index in [1.165, 1.54) is 0 Å². The Balaban J connectivity index is 1.82. The molecule has 0 aliphatic rings. The number of aromatic nitrogens is 2. The molecular formula is C21H23N3O2. The summed E-state index contributed by atoms with van der Waals surface area (Å²) in [5.74, 6) is 0.492. The lowest BCUT2D eigenvalue weighted by atomic mass is 10.1. The minimum Gasteiger partial charge on any atom is -0.492 e. The molecule has 1 aromatic heterocycles. The Morgan fingerprint density at radius 3 is 2.54 bits per heavy atom. The zero-order valence-corrected chi connectivity index (χ0v) is 15.1. The fourth-order valence-electron chi connectivity index (χ4n) is 2.91. The van der Waals surface area contributed by atoms with Gasteiger partial charge in [0.15, 0.2) is 0 Å². The zero-order valence-electron chi connectivity index (χ0n) is 15.1. The van der Waals surface area contributed by atoms with Gasteiger partial charge in [-0.25, -0.2) is 0 Å².